The molecule has 0 spiro atoms. The van der Waals surface area contributed by atoms with E-state index in [2.05, 4.69) is 35.5 Å². The van der Waals surface area contributed by atoms with Crippen LogP contribution in [0.3, 0.4) is 0 Å². The largest absolute Gasteiger partial charge is 0.298 e. The zero-order valence-corrected chi connectivity index (χ0v) is 6.90. The highest BCUT2D eigenvalue weighted by Crippen LogP contribution is 2.09. The molecule has 0 aliphatic rings. The first-order valence-corrected chi connectivity index (χ1v) is 4.24. The lowest BCUT2D eigenvalue weighted by Gasteiger charge is -2.00. The van der Waals surface area contributed by atoms with Crippen molar-refractivity contribution in [2.45, 2.75) is 19.4 Å². The molecule has 1 unspecified atom stereocenters. The zero-order chi connectivity index (χ0) is 7.40. The molecule has 54 valence electrons. The molecule has 10 heavy (non-hydrogen) atoms. The molecule has 0 aliphatic carbocycles. The maximum atomic E-state index is 3.92. The fraction of sp³-hybridized carbons (Fsp3) is 0.375. The molecule has 1 rings (SSSR count). The van der Waals surface area contributed by atoms with Crippen LogP contribution >= 0.6 is 11.3 Å². The highest BCUT2D eigenvalue weighted by atomic mass is 32.1. The van der Waals surface area contributed by atoms with Crippen molar-refractivity contribution >= 4 is 18.1 Å². The zero-order valence-electron chi connectivity index (χ0n) is 6.08. The van der Waals surface area contributed by atoms with E-state index in [1.807, 2.05) is 0 Å². The Morgan fingerprint density at radius 2 is 2.60 bits per heavy atom. The molecule has 0 fully saturated rings. The molecular weight excluding hydrogens is 142 g/mol. The molecule has 1 nitrogen and oxygen atoms in total. The van der Waals surface area contributed by atoms with Crippen molar-refractivity contribution in [2.75, 3.05) is 0 Å². The van der Waals surface area contributed by atoms with Gasteiger partial charge in [-0.25, -0.2) is 0 Å². The van der Waals surface area contributed by atoms with Crippen molar-refractivity contribution < 1.29 is 0 Å². The Balaban J connectivity index is 2.47. The number of hydrogen-bond acceptors (Lipinski definition) is 2. The molecule has 0 radical (unpaired) electrons. The second-order valence-electron chi connectivity index (χ2n) is 2.37. The van der Waals surface area contributed by atoms with Gasteiger partial charge in [-0.3, -0.25) is 4.99 Å². The maximum absolute atomic E-state index is 3.92. The average molecular weight is 153 g/mol. The van der Waals surface area contributed by atoms with Gasteiger partial charge >= 0.3 is 0 Å². The highest BCUT2D eigenvalue weighted by molar-refractivity contribution is 7.07. The molecule has 0 saturated carbocycles. The van der Waals surface area contributed by atoms with Gasteiger partial charge in [-0.2, -0.15) is 11.3 Å². The molecule has 0 saturated heterocycles. The van der Waals surface area contributed by atoms with Crippen molar-refractivity contribution in [1.29, 1.82) is 0 Å². The van der Waals surface area contributed by atoms with E-state index in [0.717, 1.165) is 6.42 Å². The smallest absolute Gasteiger partial charge is 0.0504 e. The van der Waals surface area contributed by atoms with E-state index in [4.69, 9.17) is 0 Å². The van der Waals surface area contributed by atoms with Gasteiger partial charge in [-0.1, -0.05) is 0 Å². The number of hydrogen-bond donors (Lipinski definition) is 0. The Morgan fingerprint density at radius 1 is 1.80 bits per heavy atom. The van der Waals surface area contributed by atoms with Gasteiger partial charge < -0.3 is 0 Å². The van der Waals surface area contributed by atoms with Crippen molar-refractivity contribution in [3.8, 4) is 0 Å². The third-order valence-electron chi connectivity index (χ3n) is 1.42. The van der Waals surface area contributed by atoms with E-state index < -0.39 is 0 Å². The van der Waals surface area contributed by atoms with Gasteiger partial charge in [0.15, 0.2) is 0 Å². The van der Waals surface area contributed by atoms with Gasteiger partial charge in [-0.05, 0) is 42.5 Å². The Hall–Kier alpha value is -0.630. The van der Waals surface area contributed by atoms with Crippen LogP contribution in [0.5, 0.6) is 0 Å². The summed E-state index contributed by atoms with van der Waals surface area (Å²) in [6.45, 7) is 5.57. The summed E-state index contributed by atoms with van der Waals surface area (Å²) in [6.07, 6.45) is 1.02. The minimum absolute atomic E-state index is 0.356. The maximum Gasteiger partial charge on any atom is 0.0504 e. The second kappa shape index (κ2) is 3.52. The van der Waals surface area contributed by atoms with Crippen LogP contribution in [0.15, 0.2) is 21.8 Å². The van der Waals surface area contributed by atoms with Crippen LogP contribution in [0, 0.1) is 0 Å². The molecule has 2 heteroatoms. The van der Waals surface area contributed by atoms with Gasteiger partial charge in [0, 0.05) is 0 Å². The number of thiophene rings is 1. The van der Waals surface area contributed by atoms with Crippen molar-refractivity contribution in [1.82, 2.24) is 0 Å². The quantitative estimate of drug-likeness (QED) is 0.591. The van der Waals surface area contributed by atoms with E-state index >= 15 is 0 Å². The third kappa shape index (κ3) is 1.95. The van der Waals surface area contributed by atoms with Gasteiger partial charge in [0.05, 0.1) is 6.04 Å². The summed E-state index contributed by atoms with van der Waals surface area (Å²) in [5.41, 5.74) is 1.37. The molecule has 0 aromatic carbocycles. The van der Waals surface area contributed by atoms with Crippen LogP contribution in [0.1, 0.15) is 12.5 Å². The minimum atomic E-state index is 0.356. The lowest BCUT2D eigenvalue weighted by atomic mass is 10.1. The number of rotatable bonds is 3. The lowest BCUT2D eigenvalue weighted by Crippen LogP contribution is -2.00. The van der Waals surface area contributed by atoms with Crippen LogP contribution in [0.25, 0.3) is 0 Å². The Morgan fingerprint density at radius 3 is 3.10 bits per heavy atom. The summed E-state index contributed by atoms with van der Waals surface area (Å²) < 4.78 is 0. The Bertz CT molecular complexity index is 191. The van der Waals surface area contributed by atoms with E-state index in [-0.39, 0.29) is 0 Å². The molecule has 1 heterocycles. The number of nitrogens with zero attached hydrogens (tertiary/aromatic N) is 1. The fourth-order valence-corrected chi connectivity index (χ4v) is 1.50. The van der Waals surface area contributed by atoms with Crippen molar-refractivity contribution in [2.24, 2.45) is 4.99 Å². The van der Waals surface area contributed by atoms with Gasteiger partial charge in [0.25, 0.3) is 0 Å². The standard InChI is InChI=1S/C8H11NS/c1-7(9-2)5-8-3-4-10-6-8/h3-4,6-7H,2,5H2,1H3. The summed E-state index contributed by atoms with van der Waals surface area (Å²) in [7, 11) is 0. The van der Waals surface area contributed by atoms with Crippen LogP contribution in [-0.4, -0.2) is 12.8 Å². The normalized spacial score (nSPS) is 12.9. The van der Waals surface area contributed by atoms with Crippen molar-refractivity contribution in [3.05, 3.63) is 22.4 Å². The van der Waals surface area contributed by atoms with E-state index in [1.165, 1.54) is 5.56 Å². The van der Waals surface area contributed by atoms with Crippen LogP contribution < -0.4 is 0 Å². The predicted molar refractivity (Wildman–Crippen MR) is 47.0 cm³/mol. The van der Waals surface area contributed by atoms with Crippen LogP contribution in [0.2, 0.25) is 0 Å². The predicted octanol–water partition coefficient (Wildman–Crippen LogP) is 2.38. The molecule has 0 bridgehead atoms. The molecule has 0 aliphatic heterocycles. The first-order chi connectivity index (χ1) is 4.83. The van der Waals surface area contributed by atoms with Crippen molar-refractivity contribution in [3.63, 3.8) is 0 Å². The molecule has 1 aromatic rings. The molecule has 0 amide bonds. The SMILES string of the molecule is C=NC(C)Cc1ccsc1. The van der Waals surface area contributed by atoms with E-state index in [0.29, 0.717) is 6.04 Å². The monoisotopic (exact) mass is 153 g/mol. The minimum Gasteiger partial charge on any atom is -0.298 e. The van der Waals surface area contributed by atoms with E-state index in [9.17, 15) is 0 Å². The highest BCUT2D eigenvalue weighted by Gasteiger charge is 1.98. The third-order valence-corrected chi connectivity index (χ3v) is 2.15. The molecule has 0 N–H and O–H groups in total. The first-order valence-electron chi connectivity index (χ1n) is 3.30. The summed E-state index contributed by atoms with van der Waals surface area (Å²) in [5, 5.41) is 4.24. The summed E-state index contributed by atoms with van der Waals surface area (Å²) in [6, 6.07) is 2.49. The van der Waals surface area contributed by atoms with Crippen LogP contribution in [0.4, 0.5) is 0 Å². The average Bonchev–Trinajstić information content (AvgIpc) is 2.40. The Kier molecular flexibility index (Phi) is 2.63. The lowest BCUT2D eigenvalue weighted by molar-refractivity contribution is 0.748. The van der Waals surface area contributed by atoms with Gasteiger partial charge in [0.2, 0.25) is 0 Å². The molecule has 1 aromatic heterocycles. The fourth-order valence-electron chi connectivity index (χ4n) is 0.814. The van der Waals surface area contributed by atoms with E-state index in [1.54, 1.807) is 11.3 Å². The van der Waals surface area contributed by atoms with Gasteiger partial charge in [-0.15, -0.1) is 0 Å². The second-order valence-corrected chi connectivity index (χ2v) is 3.15. The summed E-state index contributed by atoms with van der Waals surface area (Å²) >= 11 is 1.73. The first kappa shape index (κ1) is 7.48. The topological polar surface area (TPSA) is 12.4 Å². The number of aliphatic imine (C=N–C) groups is 1. The summed E-state index contributed by atoms with van der Waals surface area (Å²) in [4.78, 5) is 3.92. The molecule has 1 atom stereocenters. The summed E-state index contributed by atoms with van der Waals surface area (Å²) in [5.74, 6) is 0. The van der Waals surface area contributed by atoms with Gasteiger partial charge in [0.1, 0.15) is 0 Å². The molecular formula is C8H11NS. The van der Waals surface area contributed by atoms with Crippen LogP contribution in [-0.2, 0) is 6.42 Å². The Labute approximate surface area is 65.4 Å².